The van der Waals surface area contributed by atoms with Gasteiger partial charge in [-0.1, -0.05) is 5.16 Å². The average Bonchev–Trinajstić information content (AvgIpc) is 2.92. The summed E-state index contributed by atoms with van der Waals surface area (Å²) in [7, 11) is 1.68. The molecule has 0 spiro atoms. The zero-order valence-electron chi connectivity index (χ0n) is 12.0. The van der Waals surface area contributed by atoms with Gasteiger partial charge in [-0.25, -0.2) is 0 Å². The number of ether oxygens (including phenoxy) is 2. The summed E-state index contributed by atoms with van der Waals surface area (Å²) < 4.78 is 16.1. The van der Waals surface area contributed by atoms with Crippen LogP contribution in [-0.4, -0.2) is 29.8 Å². The monoisotopic (exact) mass is 280 g/mol. The summed E-state index contributed by atoms with van der Waals surface area (Å²) in [4.78, 5) is 16.5. The van der Waals surface area contributed by atoms with Gasteiger partial charge in [-0.3, -0.25) is 4.79 Å². The predicted molar refractivity (Wildman–Crippen MR) is 69.0 cm³/mol. The molecule has 0 aromatic carbocycles. The maximum Gasteiger partial charge on any atom is 0.321 e. The minimum Gasteiger partial charge on any atom is -0.465 e. The summed E-state index contributed by atoms with van der Waals surface area (Å²) in [6.07, 6.45) is 5.42. The second-order valence-corrected chi connectivity index (χ2v) is 5.63. The van der Waals surface area contributed by atoms with E-state index in [0.717, 1.165) is 25.7 Å². The molecule has 0 amide bonds. The predicted octanol–water partition coefficient (Wildman–Crippen LogP) is 2.08. The molecule has 110 valence electrons. The lowest BCUT2D eigenvalue weighted by Crippen LogP contribution is -2.27. The highest BCUT2D eigenvalue weighted by atomic mass is 16.5. The molecule has 0 saturated heterocycles. The quantitative estimate of drug-likeness (QED) is 0.769. The van der Waals surface area contributed by atoms with E-state index in [2.05, 4.69) is 10.1 Å². The van der Waals surface area contributed by atoms with Crippen LogP contribution in [0.2, 0.25) is 0 Å². The number of rotatable bonds is 5. The highest BCUT2D eigenvalue weighted by Gasteiger charge is 2.58. The van der Waals surface area contributed by atoms with E-state index in [9.17, 15) is 4.79 Å². The largest absolute Gasteiger partial charge is 0.465 e. The van der Waals surface area contributed by atoms with Crippen molar-refractivity contribution in [1.82, 2.24) is 10.1 Å². The number of nitrogens with zero attached hydrogens (tertiary/aromatic N) is 2. The van der Waals surface area contributed by atoms with Crippen molar-refractivity contribution in [2.75, 3.05) is 13.7 Å². The van der Waals surface area contributed by atoms with Crippen molar-refractivity contribution >= 4 is 5.97 Å². The minimum absolute atomic E-state index is 0.256. The Hall–Kier alpha value is -1.43. The number of esters is 1. The minimum atomic E-state index is -0.700. The second kappa shape index (κ2) is 4.84. The van der Waals surface area contributed by atoms with E-state index in [1.54, 1.807) is 14.0 Å². The molecule has 2 aliphatic rings. The molecule has 1 heterocycles. The van der Waals surface area contributed by atoms with Crippen LogP contribution in [0.5, 0.6) is 0 Å². The molecule has 0 atom stereocenters. The molecule has 20 heavy (non-hydrogen) atoms. The Bertz CT molecular complexity index is 501. The van der Waals surface area contributed by atoms with Crippen LogP contribution in [0.15, 0.2) is 4.52 Å². The molecule has 6 nitrogen and oxygen atoms in total. The first kappa shape index (κ1) is 13.5. The maximum absolute atomic E-state index is 12.0. The van der Waals surface area contributed by atoms with E-state index in [1.807, 2.05) is 0 Å². The van der Waals surface area contributed by atoms with E-state index in [-0.39, 0.29) is 5.97 Å². The van der Waals surface area contributed by atoms with E-state index in [4.69, 9.17) is 14.0 Å². The van der Waals surface area contributed by atoms with Gasteiger partial charge >= 0.3 is 5.97 Å². The molecule has 0 radical (unpaired) electrons. The Morgan fingerprint density at radius 1 is 1.30 bits per heavy atom. The van der Waals surface area contributed by atoms with E-state index >= 15 is 0 Å². The molecular weight excluding hydrogens is 260 g/mol. The number of carbonyl (C=O) groups excluding carboxylic acids is 1. The fraction of sp³-hybridized carbons (Fsp3) is 0.786. The van der Waals surface area contributed by atoms with Crippen LogP contribution in [0.25, 0.3) is 0 Å². The Labute approximate surface area is 117 Å². The zero-order valence-corrected chi connectivity index (χ0v) is 12.0. The summed E-state index contributed by atoms with van der Waals surface area (Å²) in [5.41, 5.74) is -1.14. The van der Waals surface area contributed by atoms with Gasteiger partial charge in [0.05, 0.1) is 6.61 Å². The molecule has 1 aromatic rings. The lowest BCUT2D eigenvalue weighted by Gasteiger charge is -2.22. The smallest absolute Gasteiger partial charge is 0.321 e. The third-order valence-electron chi connectivity index (χ3n) is 4.46. The summed E-state index contributed by atoms with van der Waals surface area (Å²) in [6.45, 7) is 2.16. The fourth-order valence-electron chi connectivity index (χ4n) is 2.97. The van der Waals surface area contributed by atoms with Gasteiger partial charge in [-0.15, -0.1) is 0 Å². The van der Waals surface area contributed by atoms with Crippen LogP contribution in [0.3, 0.4) is 0 Å². The van der Waals surface area contributed by atoms with Gasteiger partial charge in [-0.05, 0) is 45.4 Å². The van der Waals surface area contributed by atoms with Crippen molar-refractivity contribution in [3.63, 3.8) is 0 Å². The van der Waals surface area contributed by atoms with Crippen LogP contribution >= 0.6 is 0 Å². The highest BCUT2D eigenvalue weighted by Crippen LogP contribution is 2.49. The van der Waals surface area contributed by atoms with E-state index in [0.29, 0.717) is 31.2 Å². The molecule has 0 N–H and O–H groups in total. The normalized spacial score (nSPS) is 22.7. The third-order valence-corrected chi connectivity index (χ3v) is 4.46. The van der Waals surface area contributed by atoms with E-state index < -0.39 is 11.0 Å². The van der Waals surface area contributed by atoms with Crippen LogP contribution < -0.4 is 0 Å². The topological polar surface area (TPSA) is 74.5 Å². The van der Waals surface area contributed by atoms with Crippen molar-refractivity contribution < 1.29 is 18.8 Å². The molecule has 3 rings (SSSR count). The summed E-state index contributed by atoms with van der Waals surface area (Å²) in [5.74, 6) is 0.699. The van der Waals surface area contributed by atoms with Gasteiger partial charge in [-0.2, -0.15) is 4.98 Å². The van der Waals surface area contributed by atoms with Crippen LogP contribution in [0.4, 0.5) is 0 Å². The molecule has 1 aromatic heterocycles. The first-order chi connectivity index (χ1) is 9.67. The summed E-state index contributed by atoms with van der Waals surface area (Å²) in [6, 6.07) is 0. The van der Waals surface area contributed by atoms with Crippen LogP contribution in [0.1, 0.15) is 57.2 Å². The Balaban J connectivity index is 1.85. The number of carbonyl (C=O) groups is 1. The van der Waals surface area contributed by atoms with Crippen molar-refractivity contribution in [3.05, 3.63) is 11.7 Å². The van der Waals surface area contributed by atoms with Gasteiger partial charge in [0.25, 0.3) is 0 Å². The number of aromatic nitrogens is 2. The number of hydrogen-bond acceptors (Lipinski definition) is 6. The first-order valence-corrected chi connectivity index (χ1v) is 7.24. The zero-order chi connectivity index (χ0) is 14.2. The molecule has 2 fully saturated rings. The van der Waals surface area contributed by atoms with Gasteiger partial charge < -0.3 is 14.0 Å². The molecule has 0 aliphatic heterocycles. The van der Waals surface area contributed by atoms with Gasteiger partial charge in [0, 0.05) is 7.11 Å². The van der Waals surface area contributed by atoms with Gasteiger partial charge in [0.1, 0.15) is 11.0 Å². The lowest BCUT2D eigenvalue weighted by atomic mass is 10.0. The SMILES string of the molecule is CCOC(=O)C1(c2nc(C3(OC)CCCC3)no2)CC1. The number of hydrogen-bond donors (Lipinski definition) is 0. The van der Waals surface area contributed by atoms with Crippen molar-refractivity contribution in [2.45, 2.75) is 56.5 Å². The van der Waals surface area contributed by atoms with Crippen LogP contribution in [-0.2, 0) is 25.3 Å². The third kappa shape index (κ3) is 1.93. The molecule has 2 saturated carbocycles. The standard InChI is InChI=1S/C14H20N2O4/c1-3-19-12(17)13(8-9-13)11-15-10(16-20-11)14(18-2)6-4-5-7-14/h3-9H2,1-2H3. The molecule has 6 heteroatoms. The summed E-state index contributed by atoms with van der Waals surface area (Å²) in [5, 5.41) is 4.07. The van der Waals surface area contributed by atoms with Gasteiger partial charge in [0.2, 0.25) is 11.7 Å². The van der Waals surface area contributed by atoms with Crippen molar-refractivity contribution in [1.29, 1.82) is 0 Å². The average molecular weight is 280 g/mol. The first-order valence-electron chi connectivity index (χ1n) is 7.24. The van der Waals surface area contributed by atoms with Gasteiger partial charge in [0.15, 0.2) is 0 Å². The molecule has 2 aliphatic carbocycles. The number of methoxy groups -OCH3 is 1. The fourth-order valence-corrected chi connectivity index (χ4v) is 2.97. The maximum atomic E-state index is 12.0. The Morgan fingerprint density at radius 3 is 2.55 bits per heavy atom. The Kier molecular flexibility index (Phi) is 3.28. The summed E-state index contributed by atoms with van der Waals surface area (Å²) >= 11 is 0. The van der Waals surface area contributed by atoms with Crippen molar-refractivity contribution in [2.24, 2.45) is 0 Å². The second-order valence-electron chi connectivity index (χ2n) is 5.63. The van der Waals surface area contributed by atoms with E-state index in [1.165, 1.54) is 0 Å². The highest BCUT2D eigenvalue weighted by molar-refractivity contribution is 5.85. The molecular formula is C14H20N2O4. The van der Waals surface area contributed by atoms with Crippen LogP contribution in [0, 0.1) is 0 Å². The lowest BCUT2D eigenvalue weighted by molar-refractivity contribution is -0.146. The Morgan fingerprint density at radius 2 is 2.00 bits per heavy atom. The van der Waals surface area contributed by atoms with Crippen molar-refractivity contribution in [3.8, 4) is 0 Å². The molecule has 0 unspecified atom stereocenters. The molecule has 0 bridgehead atoms.